The smallest absolute Gasteiger partial charge is 0.0405 e. The maximum Gasteiger partial charge on any atom is 0.0405 e. The SMILES string of the molecule is Cl.Clc1ccccc1.c1ccc(Pc2ccccc2)cc1. The molecule has 0 aromatic heterocycles. The van der Waals surface area contributed by atoms with Crippen LogP contribution in [0.15, 0.2) is 91.0 Å². The molecule has 0 amide bonds. The van der Waals surface area contributed by atoms with Crippen LogP contribution in [-0.2, 0) is 0 Å². The van der Waals surface area contributed by atoms with Gasteiger partial charge in [0, 0.05) is 5.02 Å². The zero-order valence-corrected chi connectivity index (χ0v) is 14.0. The van der Waals surface area contributed by atoms with Gasteiger partial charge in [0.1, 0.15) is 0 Å². The largest absolute Gasteiger partial charge is 0.147 e. The van der Waals surface area contributed by atoms with E-state index < -0.39 is 0 Å². The van der Waals surface area contributed by atoms with E-state index in [2.05, 4.69) is 60.7 Å². The molecule has 21 heavy (non-hydrogen) atoms. The van der Waals surface area contributed by atoms with Crippen LogP contribution in [0.4, 0.5) is 0 Å². The van der Waals surface area contributed by atoms with Crippen molar-refractivity contribution in [3.63, 3.8) is 0 Å². The second-order valence-corrected chi connectivity index (χ2v) is 5.99. The van der Waals surface area contributed by atoms with Gasteiger partial charge in [0.15, 0.2) is 0 Å². The fraction of sp³-hybridized carbons (Fsp3) is 0. The molecule has 3 aromatic carbocycles. The molecular weight excluding hydrogens is 318 g/mol. The predicted molar refractivity (Wildman–Crippen MR) is 99.2 cm³/mol. The van der Waals surface area contributed by atoms with Gasteiger partial charge in [-0.25, -0.2) is 0 Å². The van der Waals surface area contributed by atoms with E-state index in [1.54, 1.807) is 0 Å². The third-order valence-corrected chi connectivity index (χ3v) is 4.07. The summed E-state index contributed by atoms with van der Waals surface area (Å²) in [4.78, 5) is 0. The highest BCUT2D eigenvalue weighted by atomic mass is 35.5. The molecule has 3 heteroatoms. The van der Waals surface area contributed by atoms with Crippen molar-refractivity contribution in [1.82, 2.24) is 0 Å². The predicted octanol–water partition coefficient (Wildman–Crippen LogP) is 5.08. The van der Waals surface area contributed by atoms with Gasteiger partial charge in [-0.05, 0) is 22.7 Å². The van der Waals surface area contributed by atoms with E-state index in [1.165, 1.54) is 10.6 Å². The number of hydrogen-bond donors (Lipinski definition) is 0. The highest BCUT2D eigenvalue weighted by molar-refractivity contribution is 7.55. The summed E-state index contributed by atoms with van der Waals surface area (Å²) < 4.78 is 0. The number of benzene rings is 3. The van der Waals surface area contributed by atoms with Crippen molar-refractivity contribution in [2.75, 3.05) is 0 Å². The van der Waals surface area contributed by atoms with Crippen molar-refractivity contribution in [1.29, 1.82) is 0 Å². The second-order valence-electron chi connectivity index (χ2n) is 4.15. The Morgan fingerprint density at radius 3 is 1.14 bits per heavy atom. The first-order valence-electron chi connectivity index (χ1n) is 6.42. The first-order valence-corrected chi connectivity index (χ1v) is 7.80. The van der Waals surface area contributed by atoms with Gasteiger partial charge in [-0.2, -0.15) is 0 Å². The van der Waals surface area contributed by atoms with Crippen LogP contribution in [0.3, 0.4) is 0 Å². The van der Waals surface area contributed by atoms with Crippen molar-refractivity contribution < 1.29 is 0 Å². The van der Waals surface area contributed by atoms with Crippen LogP contribution >= 0.6 is 32.6 Å². The average molecular weight is 335 g/mol. The molecule has 0 spiro atoms. The van der Waals surface area contributed by atoms with Gasteiger partial charge in [0.05, 0.1) is 0 Å². The molecule has 0 saturated heterocycles. The van der Waals surface area contributed by atoms with Crippen LogP contribution in [0.5, 0.6) is 0 Å². The number of rotatable bonds is 2. The molecule has 0 radical (unpaired) electrons. The molecule has 3 aromatic rings. The molecule has 0 fully saturated rings. The summed E-state index contributed by atoms with van der Waals surface area (Å²) in [6.07, 6.45) is 0. The van der Waals surface area contributed by atoms with Gasteiger partial charge in [-0.1, -0.05) is 99.0 Å². The van der Waals surface area contributed by atoms with E-state index in [0.29, 0.717) is 0 Å². The molecule has 0 heterocycles. The molecule has 0 N–H and O–H groups in total. The fourth-order valence-electron chi connectivity index (χ4n) is 1.62. The van der Waals surface area contributed by atoms with E-state index in [0.717, 1.165) is 13.6 Å². The number of hydrogen-bond acceptors (Lipinski definition) is 0. The van der Waals surface area contributed by atoms with Gasteiger partial charge in [-0.3, -0.25) is 0 Å². The summed E-state index contributed by atoms with van der Waals surface area (Å²) in [5.74, 6) is 0. The molecule has 0 aliphatic carbocycles. The van der Waals surface area contributed by atoms with Crippen molar-refractivity contribution in [2.45, 2.75) is 0 Å². The lowest BCUT2D eigenvalue weighted by Crippen LogP contribution is -2.01. The highest BCUT2D eigenvalue weighted by Crippen LogP contribution is 2.08. The summed E-state index contributed by atoms with van der Waals surface area (Å²) in [5, 5.41) is 3.59. The molecule has 0 bridgehead atoms. The van der Waals surface area contributed by atoms with Crippen LogP contribution in [0, 0.1) is 0 Å². The Balaban J connectivity index is 0.000000236. The second kappa shape index (κ2) is 10.4. The van der Waals surface area contributed by atoms with Crippen molar-refractivity contribution in [2.24, 2.45) is 0 Å². The standard InChI is InChI=1S/C12H11P.C6H5Cl.ClH/c1-3-7-11(8-4-1)13-12-9-5-2-6-10-12;7-6-4-2-1-3-5-6;/h1-10,13H;1-5H;1H. The molecule has 3 rings (SSSR count). The van der Waals surface area contributed by atoms with E-state index in [9.17, 15) is 0 Å². The topological polar surface area (TPSA) is 0 Å². The molecule has 0 nitrogen and oxygen atoms in total. The van der Waals surface area contributed by atoms with Gasteiger partial charge in [0.2, 0.25) is 0 Å². The fourth-order valence-corrected chi connectivity index (χ4v) is 2.82. The van der Waals surface area contributed by atoms with Gasteiger partial charge >= 0.3 is 0 Å². The van der Waals surface area contributed by atoms with Crippen molar-refractivity contribution >= 4 is 43.2 Å². The van der Waals surface area contributed by atoms with E-state index in [-0.39, 0.29) is 12.4 Å². The zero-order chi connectivity index (χ0) is 14.0. The Kier molecular flexibility index (Phi) is 8.78. The lowest BCUT2D eigenvalue weighted by Gasteiger charge is -2.00. The first-order chi connectivity index (χ1) is 9.84. The molecular formula is C18H17Cl2P. The third-order valence-electron chi connectivity index (χ3n) is 2.57. The minimum absolute atomic E-state index is 0. The van der Waals surface area contributed by atoms with E-state index >= 15 is 0 Å². The summed E-state index contributed by atoms with van der Waals surface area (Å²) in [7, 11) is 0.777. The third kappa shape index (κ3) is 7.29. The minimum atomic E-state index is 0. The lowest BCUT2D eigenvalue weighted by molar-refractivity contribution is 1.71. The van der Waals surface area contributed by atoms with Gasteiger partial charge in [-0.15, -0.1) is 12.4 Å². The van der Waals surface area contributed by atoms with Crippen molar-refractivity contribution in [3.8, 4) is 0 Å². The normalized spacial score (nSPS) is 9.00. The lowest BCUT2D eigenvalue weighted by atomic mass is 10.4. The van der Waals surface area contributed by atoms with Crippen LogP contribution in [-0.4, -0.2) is 0 Å². The zero-order valence-electron chi connectivity index (χ0n) is 11.4. The molecule has 0 aliphatic heterocycles. The maximum atomic E-state index is 5.54. The highest BCUT2D eigenvalue weighted by Gasteiger charge is 1.92. The monoisotopic (exact) mass is 334 g/mol. The Bertz CT molecular complexity index is 560. The Morgan fingerprint density at radius 2 is 0.857 bits per heavy atom. The van der Waals surface area contributed by atoms with Crippen LogP contribution in [0.2, 0.25) is 5.02 Å². The summed E-state index contributed by atoms with van der Waals surface area (Å²) in [5.41, 5.74) is 0. The molecule has 108 valence electrons. The van der Waals surface area contributed by atoms with Crippen LogP contribution in [0.1, 0.15) is 0 Å². The Labute approximate surface area is 139 Å². The molecule has 0 atom stereocenters. The molecule has 0 saturated carbocycles. The average Bonchev–Trinajstić information content (AvgIpc) is 2.51. The van der Waals surface area contributed by atoms with E-state index in [4.69, 9.17) is 11.6 Å². The maximum absolute atomic E-state index is 5.54. The summed E-state index contributed by atoms with van der Waals surface area (Å²) in [6.45, 7) is 0. The summed E-state index contributed by atoms with van der Waals surface area (Å²) in [6, 6.07) is 30.6. The Morgan fingerprint density at radius 1 is 0.524 bits per heavy atom. The van der Waals surface area contributed by atoms with E-state index in [1.807, 2.05) is 30.3 Å². The first kappa shape index (κ1) is 17.7. The molecule has 0 unspecified atom stereocenters. The quantitative estimate of drug-likeness (QED) is 0.573. The van der Waals surface area contributed by atoms with Gasteiger partial charge < -0.3 is 0 Å². The van der Waals surface area contributed by atoms with Crippen LogP contribution < -0.4 is 10.6 Å². The summed E-state index contributed by atoms with van der Waals surface area (Å²) >= 11 is 5.54. The minimum Gasteiger partial charge on any atom is -0.147 e. The number of halogens is 2. The van der Waals surface area contributed by atoms with Gasteiger partial charge in [0.25, 0.3) is 0 Å². The van der Waals surface area contributed by atoms with Crippen molar-refractivity contribution in [3.05, 3.63) is 96.0 Å². The molecule has 0 aliphatic rings. The van der Waals surface area contributed by atoms with Crippen LogP contribution in [0.25, 0.3) is 0 Å². The Hall–Kier alpha value is -1.33.